The third-order valence-corrected chi connectivity index (χ3v) is 1.55. The highest BCUT2D eigenvalue weighted by atomic mass is 79.9. The fraction of sp³-hybridized carbons (Fsp3) is 0.250. The first kappa shape index (κ1) is 9.19. The predicted octanol–water partition coefficient (Wildman–Crippen LogP) is 2.19. The molecule has 0 fully saturated rings. The van der Waals surface area contributed by atoms with E-state index in [1.165, 1.54) is 0 Å². The van der Waals surface area contributed by atoms with Gasteiger partial charge in [-0.1, -0.05) is 12.2 Å². The molecule has 64 valence electrons. The van der Waals surface area contributed by atoms with Crippen molar-refractivity contribution in [3.8, 4) is 6.01 Å². The number of hydrogen-bond acceptors (Lipinski definition) is 3. The Bertz CT molecular complexity index is 258. The van der Waals surface area contributed by atoms with Crippen LogP contribution in [0.15, 0.2) is 29.0 Å². The number of halogens is 1. The monoisotopic (exact) mass is 228 g/mol. The Morgan fingerprint density at radius 3 is 2.75 bits per heavy atom. The largest absolute Gasteiger partial charge is 0.459 e. The molecule has 0 aliphatic rings. The van der Waals surface area contributed by atoms with E-state index >= 15 is 0 Å². The van der Waals surface area contributed by atoms with Gasteiger partial charge in [-0.25, -0.2) is 9.97 Å². The van der Waals surface area contributed by atoms with Crippen LogP contribution in [-0.2, 0) is 0 Å². The van der Waals surface area contributed by atoms with E-state index in [-0.39, 0.29) is 0 Å². The molecule has 0 bridgehead atoms. The maximum Gasteiger partial charge on any atom is 0.316 e. The Hall–Kier alpha value is -0.900. The third-order valence-electron chi connectivity index (χ3n) is 1.14. The average Bonchev–Trinajstić information content (AvgIpc) is 2.09. The summed E-state index contributed by atoms with van der Waals surface area (Å²) in [4.78, 5) is 7.87. The lowest BCUT2D eigenvalue weighted by Gasteiger charge is -1.98. The Kier molecular flexibility index (Phi) is 3.73. The molecule has 0 saturated carbocycles. The molecule has 0 aliphatic carbocycles. The first-order valence-electron chi connectivity index (χ1n) is 3.54. The van der Waals surface area contributed by atoms with E-state index in [0.29, 0.717) is 12.6 Å². The number of ether oxygens (including phenoxy) is 1. The van der Waals surface area contributed by atoms with Crippen LogP contribution in [0.3, 0.4) is 0 Å². The standard InChI is InChI=1S/C8H9BrN2O/c1-2-3-4-12-8-10-5-7(9)6-11-8/h2-3,5-6H,4H2,1H3/b3-2+. The third kappa shape index (κ3) is 3.00. The van der Waals surface area contributed by atoms with Gasteiger partial charge in [-0.05, 0) is 22.9 Å². The zero-order chi connectivity index (χ0) is 8.81. The SMILES string of the molecule is C/C=C/COc1ncc(Br)cn1. The van der Waals surface area contributed by atoms with Gasteiger partial charge in [0.1, 0.15) is 6.61 Å². The number of allylic oxidation sites excluding steroid dienone is 1. The fourth-order valence-corrected chi connectivity index (χ4v) is 0.799. The molecular formula is C8H9BrN2O. The summed E-state index contributed by atoms with van der Waals surface area (Å²) < 4.78 is 6.02. The molecule has 0 aliphatic heterocycles. The normalized spacial score (nSPS) is 10.5. The lowest BCUT2D eigenvalue weighted by molar-refractivity contribution is 0.332. The minimum atomic E-state index is 0.399. The van der Waals surface area contributed by atoms with Crippen LogP contribution in [-0.4, -0.2) is 16.6 Å². The zero-order valence-electron chi connectivity index (χ0n) is 6.70. The molecule has 0 unspecified atom stereocenters. The van der Waals surface area contributed by atoms with Crippen molar-refractivity contribution in [2.45, 2.75) is 6.92 Å². The second kappa shape index (κ2) is 4.87. The van der Waals surface area contributed by atoms with Crippen molar-refractivity contribution in [3.05, 3.63) is 29.0 Å². The summed E-state index contributed by atoms with van der Waals surface area (Å²) in [5.41, 5.74) is 0. The van der Waals surface area contributed by atoms with E-state index in [2.05, 4.69) is 25.9 Å². The molecule has 0 atom stereocenters. The fourth-order valence-electron chi connectivity index (χ4n) is 0.594. The maximum absolute atomic E-state index is 5.17. The molecule has 1 rings (SSSR count). The Labute approximate surface area is 79.6 Å². The van der Waals surface area contributed by atoms with Gasteiger partial charge in [0.2, 0.25) is 0 Å². The van der Waals surface area contributed by atoms with Gasteiger partial charge in [-0.15, -0.1) is 0 Å². The van der Waals surface area contributed by atoms with Crippen molar-refractivity contribution in [2.24, 2.45) is 0 Å². The molecule has 1 aromatic heterocycles. The van der Waals surface area contributed by atoms with Crippen molar-refractivity contribution >= 4 is 15.9 Å². The first-order chi connectivity index (χ1) is 5.83. The smallest absolute Gasteiger partial charge is 0.316 e. The van der Waals surface area contributed by atoms with Crippen molar-refractivity contribution in [2.75, 3.05) is 6.61 Å². The average molecular weight is 229 g/mol. The Balaban J connectivity index is 2.47. The van der Waals surface area contributed by atoms with E-state index in [0.717, 1.165) is 4.47 Å². The molecule has 0 radical (unpaired) electrons. The van der Waals surface area contributed by atoms with Crippen LogP contribution >= 0.6 is 15.9 Å². The summed E-state index contributed by atoms with van der Waals surface area (Å²) in [6, 6.07) is 0.399. The first-order valence-corrected chi connectivity index (χ1v) is 4.33. The Morgan fingerprint density at radius 2 is 2.17 bits per heavy atom. The van der Waals surface area contributed by atoms with Gasteiger partial charge < -0.3 is 4.74 Å². The molecule has 3 nitrogen and oxygen atoms in total. The minimum absolute atomic E-state index is 0.399. The summed E-state index contributed by atoms with van der Waals surface area (Å²) in [5, 5.41) is 0. The maximum atomic E-state index is 5.17. The summed E-state index contributed by atoms with van der Waals surface area (Å²) in [6.07, 6.45) is 7.11. The van der Waals surface area contributed by atoms with Crippen LogP contribution in [0.1, 0.15) is 6.92 Å². The van der Waals surface area contributed by atoms with Crippen LogP contribution < -0.4 is 4.74 Å². The van der Waals surface area contributed by atoms with Gasteiger partial charge in [0.05, 0.1) is 4.47 Å². The van der Waals surface area contributed by atoms with Crippen molar-refractivity contribution in [1.29, 1.82) is 0 Å². The highest BCUT2D eigenvalue weighted by Gasteiger charge is 1.93. The van der Waals surface area contributed by atoms with Crippen LogP contribution in [0.2, 0.25) is 0 Å². The molecule has 4 heteroatoms. The van der Waals surface area contributed by atoms with E-state index in [9.17, 15) is 0 Å². The van der Waals surface area contributed by atoms with Gasteiger partial charge in [-0.2, -0.15) is 0 Å². The van der Waals surface area contributed by atoms with E-state index in [1.807, 2.05) is 19.1 Å². The summed E-state index contributed by atoms with van der Waals surface area (Å²) in [5.74, 6) is 0. The van der Waals surface area contributed by atoms with E-state index in [4.69, 9.17) is 4.74 Å². The minimum Gasteiger partial charge on any atom is -0.459 e. The lowest BCUT2D eigenvalue weighted by Crippen LogP contribution is -1.97. The van der Waals surface area contributed by atoms with Crippen LogP contribution in [0.4, 0.5) is 0 Å². The zero-order valence-corrected chi connectivity index (χ0v) is 8.28. The number of nitrogens with zero attached hydrogens (tertiary/aromatic N) is 2. The van der Waals surface area contributed by atoms with Gasteiger partial charge in [0.25, 0.3) is 0 Å². The number of aromatic nitrogens is 2. The van der Waals surface area contributed by atoms with Gasteiger partial charge in [0, 0.05) is 12.4 Å². The topological polar surface area (TPSA) is 35.0 Å². The summed E-state index contributed by atoms with van der Waals surface area (Å²) in [6.45, 7) is 2.45. The molecular weight excluding hydrogens is 220 g/mol. The Morgan fingerprint density at radius 1 is 1.50 bits per heavy atom. The van der Waals surface area contributed by atoms with Crippen molar-refractivity contribution < 1.29 is 4.74 Å². The quantitative estimate of drug-likeness (QED) is 0.745. The molecule has 12 heavy (non-hydrogen) atoms. The molecule has 0 aromatic carbocycles. The van der Waals surface area contributed by atoms with Crippen LogP contribution in [0.5, 0.6) is 6.01 Å². The molecule has 0 N–H and O–H groups in total. The number of hydrogen-bond donors (Lipinski definition) is 0. The molecule has 0 amide bonds. The lowest BCUT2D eigenvalue weighted by atomic mass is 10.6. The summed E-state index contributed by atoms with van der Waals surface area (Å²) >= 11 is 3.23. The van der Waals surface area contributed by atoms with Crippen molar-refractivity contribution in [1.82, 2.24) is 9.97 Å². The van der Waals surface area contributed by atoms with Crippen LogP contribution in [0.25, 0.3) is 0 Å². The predicted molar refractivity (Wildman–Crippen MR) is 50.0 cm³/mol. The molecule has 1 aromatic rings. The van der Waals surface area contributed by atoms with E-state index in [1.54, 1.807) is 12.4 Å². The van der Waals surface area contributed by atoms with Gasteiger partial charge in [-0.3, -0.25) is 0 Å². The molecule has 1 heterocycles. The summed E-state index contributed by atoms with van der Waals surface area (Å²) in [7, 11) is 0. The van der Waals surface area contributed by atoms with Crippen LogP contribution in [0, 0.1) is 0 Å². The van der Waals surface area contributed by atoms with E-state index < -0.39 is 0 Å². The highest BCUT2D eigenvalue weighted by Crippen LogP contribution is 2.07. The highest BCUT2D eigenvalue weighted by molar-refractivity contribution is 9.10. The van der Waals surface area contributed by atoms with Gasteiger partial charge in [0.15, 0.2) is 0 Å². The molecule has 0 saturated heterocycles. The van der Waals surface area contributed by atoms with Crippen molar-refractivity contribution in [3.63, 3.8) is 0 Å². The van der Waals surface area contributed by atoms with Gasteiger partial charge >= 0.3 is 6.01 Å². The second-order valence-electron chi connectivity index (χ2n) is 2.06. The second-order valence-corrected chi connectivity index (χ2v) is 2.98. The number of rotatable bonds is 3. The molecule has 0 spiro atoms.